The fourth-order valence-electron chi connectivity index (χ4n) is 9.65. The van der Waals surface area contributed by atoms with Crippen molar-refractivity contribution in [2.24, 2.45) is 0 Å². The molecule has 0 aromatic heterocycles. The Morgan fingerprint density at radius 1 is 0.291 bits per heavy atom. The Kier molecular flexibility index (Phi) is 6.80. The Morgan fingerprint density at radius 2 is 0.618 bits per heavy atom. The number of phenolic OH excluding ortho intramolecular Hbond substituents is 2. The summed E-state index contributed by atoms with van der Waals surface area (Å²) in [6, 6.07) is 68.5. The third-order valence-electron chi connectivity index (χ3n) is 11.9. The average molecular weight is 703 g/mol. The highest BCUT2D eigenvalue weighted by molar-refractivity contribution is 6.19. The lowest BCUT2D eigenvalue weighted by Gasteiger charge is -2.34. The van der Waals surface area contributed by atoms with Crippen molar-refractivity contribution in [2.45, 2.75) is 5.41 Å². The first-order chi connectivity index (χ1) is 27.1. The van der Waals surface area contributed by atoms with Gasteiger partial charge in [-0.05, 0) is 135 Å². The Morgan fingerprint density at radius 3 is 0.964 bits per heavy atom. The molecule has 2 N–H and O–H groups in total. The molecule has 0 amide bonds. The normalized spacial score (nSPS) is 13.0. The van der Waals surface area contributed by atoms with E-state index in [-0.39, 0.29) is 11.5 Å². The van der Waals surface area contributed by atoms with Crippen molar-refractivity contribution < 1.29 is 10.2 Å². The van der Waals surface area contributed by atoms with Gasteiger partial charge in [0.1, 0.15) is 11.5 Å². The number of phenols is 2. The number of aromatic hydroxyl groups is 2. The maximum Gasteiger partial charge on any atom is 0.115 e. The van der Waals surface area contributed by atoms with Crippen molar-refractivity contribution in [1.29, 1.82) is 0 Å². The van der Waals surface area contributed by atoms with Crippen LogP contribution in [0.5, 0.6) is 11.5 Å². The summed E-state index contributed by atoms with van der Waals surface area (Å²) < 4.78 is 0. The molecule has 0 spiro atoms. The molecule has 0 bridgehead atoms. The van der Waals surface area contributed by atoms with Crippen molar-refractivity contribution in [1.82, 2.24) is 0 Å². The molecule has 11 rings (SSSR count). The lowest BCUT2D eigenvalue weighted by Crippen LogP contribution is -2.28. The summed E-state index contributed by atoms with van der Waals surface area (Å²) in [5.41, 5.74) is 10.7. The Balaban J connectivity index is 1.38. The highest BCUT2D eigenvalue weighted by atomic mass is 16.3. The minimum atomic E-state index is -0.779. The monoisotopic (exact) mass is 702 g/mol. The number of hydrogen-bond acceptors (Lipinski definition) is 2. The quantitative estimate of drug-likeness (QED) is 0.179. The minimum Gasteiger partial charge on any atom is -0.508 e. The van der Waals surface area contributed by atoms with Gasteiger partial charge >= 0.3 is 0 Å². The van der Waals surface area contributed by atoms with E-state index in [0.29, 0.717) is 0 Å². The smallest absolute Gasteiger partial charge is 0.115 e. The van der Waals surface area contributed by atoms with Gasteiger partial charge in [-0.3, -0.25) is 0 Å². The van der Waals surface area contributed by atoms with Crippen LogP contribution in [-0.2, 0) is 5.41 Å². The molecular weight excluding hydrogens is 669 g/mol. The molecule has 1 aliphatic rings. The van der Waals surface area contributed by atoms with E-state index in [2.05, 4.69) is 170 Å². The van der Waals surface area contributed by atoms with Crippen molar-refractivity contribution in [3.05, 3.63) is 216 Å². The summed E-state index contributed by atoms with van der Waals surface area (Å²) >= 11 is 0. The van der Waals surface area contributed by atoms with Gasteiger partial charge in [0.2, 0.25) is 0 Å². The number of hydrogen-bond donors (Lipinski definition) is 2. The molecule has 0 heterocycles. The number of rotatable bonds is 4. The zero-order chi connectivity index (χ0) is 36.7. The summed E-state index contributed by atoms with van der Waals surface area (Å²) in [7, 11) is 0. The first kappa shape index (κ1) is 31.4. The molecule has 258 valence electrons. The van der Waals surface area contributed by atoms with Gasteiger partial charge in [0, 0.05) is 0 Å². The van der Waals surface area contributed by atoms with Crippen LogP contribution in [0.15, 0.2) is 194 Å². The standard InChI is InChI=1S/C53H34O2/c54-39-27-23-37(24-28-39)53(38-25-29-40(55)30-26-38)47-21-9-19-45(49-41-15-5-1-11-33(41)31-34-12-2-6-16-42(34)49)51(47)52-46(20-10-22-48(52)53)50-43-17-7-3-13-35(43)32-36-14-4-8-18-44(36)50/h1-32,54-55H. The molecule has 0 saturated carbocycles. The van der Waals surface area contributed by atoms with Crippen LogP contribution < -0.4 is 0 Å². The molecule has 10 aromatic rings. The van der Waals surface area contributed by atoms with E-state index in [1.165, 1.54) is 76.5 Å². The van der Waals surface area contributed by atoms with E-state index < -0.39 is 5.41 Å². The zero-order valence-corrected chi connectivity index (χ0v) is 29.9. The molecule has 10 aromatic carbocycles. The molecule has 0 saturated heterocycles. The van der Waals surface area contributed by atoms with Crippen LogP contribution in [0.2, 0.25) is 0 Å². The van der Waals surface area contributed by atoms with Crippen LogP contribution in [-0.4, -0.2) is 10.2 Å². The molecule has 1 aliphatic carbocycles. The summed E-state index contributed by atoms with van der Waals surface area (Å²) in [4.78, 5) is 0. The van der Waals surface area contributed by atoms with Gasteiger partial charge in [-0.25, -0.2) is 0 Å². The molecule has 55 heavy (non-hydrogen) atoms. The largest absolute Gasteiger partial charge is 0.508 e. The average Bonchev–Trinajstić information content (AvgIpc) is 3.54. The first-order valence-corrected chi connectivity index (χ1v) is 18.8. The van der Waals surface area contributed by atoms with Gasteiger partial charge in [0.15, 0.2) is 0 Å². The van der Waals surface area contributed by atoms with Crippen LogP contribution in [0.1, 0.15) is 22.3 Å². The summed E-state index contributed by atoms with van der Waals surface area (Å²) in [6.45, 7) is 0. The second kappa shape index (κ2) is 11.9. The van der Waals surface area contributed by atoms with E-state index >= 15 is 0 Å². The van der Waals surface area contributed by atoms with Crippen molar-refractivity contribution in [3.63, 3.8) is 0 Å². The summed E-state index contributed by atoms with van der Waals surface area (Å²) in [5, 5.41) is 30.9. The van der Waals surface area contributed by atoms with Crippen LogP contribution in [0.25, 0.3) is 76.5 Å². The predicted molar refractivity (Wildman–Crippen MR) is 228 cm³/mol. The molecule has 2 heteroatoms. The van der Waals surface area contributed by atoms with E-state index in [9.17, 15) is 10.2 Å². The molecule has 0 unspecified atom stereocenters. The fraction of sp³-hybridized carbons (Fsp3) is 0.0189. The highest BCUT2D eigenvalue weighted by Gasteiger charge is 2.48. The Labute approximate surface area is 318 Å². The second-order valence-corrected chi connectivity index (χ2v) is 14.7. The fourth-order valence-corrected chi connectivity index (χ4v) is 9.65. The van der Waals surface area contributed by atoms with Crippen LogP contribution in [0.3, 0.4) is 0 Å². The third kappa shape index (κ3) is 4.49. The van der Waals surface area contributed by atoms with Crippen LogP contribution in [0.4, 0.5) is 0 Å². The second-order valence-electron chi connectivity index (χ2n) is 14.7. The first-order valence-electron chi connectivity index (χ1n) is 18.8. The number of fused-ring (bicyclic) bond motifs is 7. The molecule has 0 fully saturated rings. The van der Waals surface area contributed by atoms with Gasteiger partial charge < -0.3 is 10.2 Å². The maximum atomic E-state index is 10.6. The maximum absolute atomic E-state index is 10.6. The third-order valence-corrected chi connectivity index (χ3v) is 11.9. The molecule has 2 nitrogen and oxygen atoms in total. The van der Waals surface area contributed by atoms with Gasteiger partial charge in [-0.2, -0.15) is 0 Å². The van der Waals surface area contributed by atoms with Crippen molar-refractivity contribution >= 4 is 43.1 Å². The Bertz CT molecular complexity index is 2830. The van der Waals surface area contributed by atoms with Gasteiger partial charge in [-0.1, -0.05) is 158 Å². The Hall–Kier alpha value is -7.16. The van der Waals surface area contributed by atoms with E-state index in [1.807, 2.05) is 0 Å². The summed E-state index contributed by atoms with van der Waals surface area (Å²) in [6.07, 6.45) is 0. The lowest BCUT2D eigenvalue weighted by molar-refractivity contribution is 0.475. The SMILES string of the molecule is Oc1ccc(C2(c3ccc(O)cc3)c3cccc(-c4c5ccccc5cc5ccccc45)c3-c3c(-c4c5ccccc5cc5ccccc45)cccc32)cc1. The van der Waals surface area contributed by atoms with Gasteiger partial charge in [-0.15, -0.1) is 0 Å². The van der Waals surface area contributed by atoms with E-state index in [0.717, 1.165) is 22.3 Å². The molecule has 0 radical (unpaired) electrons. The highest BCUT2D eigenvalue weighted by Crippen LogP contribution is 2.62. The van der Waals surface area contributed by atoms with E-state index in [4.69, 9.17) is 0 Å². The van der Waals surface area contributed by atoms with Gasteiger partial charge in [0.25, 0.3) is 0 Å². The van der Waals surface area contributed by atoms with Crippen molar-refractivity contribution in [2.75, 3.05) is 0 Å². The zero-order valence-electron chi connectivity index (χ0n) is 29.9. The van der Waals surface area contributed by atoms with Crippen LogP contribution in [0, 0.1) is 0 Å². The number of benzene rings is 10. The van der Waals surface area contributed by atoms with Gasteiger partial charge in [0.05, 0.1) is 5.41 Å². The molecular formula is C53H34O2. The minimum absolute atomic E-state index is 0.218. The topological polar surface area (TPSA) is 40.5 Å². The van der Waals surface area contributed by atoms with E-state index in [1.54, 1.807) is 24.3 Å². The van der Waals surface area contributed by atoms with Crippen LogP contribution >= 0.6 is 0 Å². The lowest BCUT2D eigenvalue weighted by atomic mass is 9.67. The summed E-state index contributed by atoms with van der Waals surface area (Å²) in [5.74, 6) is 0.435. The molecule has 0 atom stereocenters. The molecule has 0 aliphatic heterocycles. The predicted octanol–water partition coefficient (Wildman–Crippen LogP) is 13.4. The van der Waals surface area contributed by atoms with Crippen molar-refractivity contribution in [3.8, 4) is 44.9 Å².